The zero-order chi connectivity index (χ0) is 32.2. The van der Waals surface area contributed by atoms with E-state index in [1.807, 2.05) is 10.6 Å². The van der Waals surface area contributed by atoms with E-state index in [2.05, 4.69) is 0 Å². The van der Waals surface area contributed by atoms with E-state index in [4.69, 9.17) is 0 Å². The molecule has 2 aromatic carbocycles. The molecule has 0 saturated heterocycles. The van der Waals surface area contributed by atoms with E-state index in [0.29, 0.717) is 12.1 Å². The van der Waals surface area contributed by atoms with Gasteiger partial charge in [0.2, 0.25) is 5.41 Å². The normalized spacial score (nSPS) is 13.7. The molecule has 0 spiro atoms. The third kappa shape index (κ3) is 6.65. The van der Waals surface area contributed by atoms with Crippen LogP contribution in [-0.2, 0) is 5.41 Å². The van der Waals surface area contributed by atoms with Gasteiger partial charge in [0.05, 0.1) is 34.5 Å². The number of aromatic carboxylic acids is 2. The summed E-state index contributed by atoms with van der Waals surface area (Å²) in [6.45, 7) is 0.954. The third-order valence-electron chi connectivity index (χ3n) is 6.45. The van der Waals surface area contributed by atoms with E-state index in [9.17, 15) is 65.9 Å². The monoisotopic (exact) mass is 608 g/mol. The number of aliphatic hydroxyl groups excluding tert-OH is 2. The van der Waals surface area contributed by atoms with Crippen molar-refractivity contribution in [2.45, 2.75) is 49.7 Å². The number of aliphatic hydroxyl groups is 2. The van der Waals surface area contributed by atoms with Crippen LogP contribution in [0.3, 0.4) is 0 Å². The molecule has 2 atom stereocenters. The van der Waals surface area contributed by atoms with Crippen molar-refractivity contribution in [3.63, 3.8) is 0 Å². The average Bonchev–Trinajstić information content (AvgIpc) is 2.89. The molecule has 0 aliphatic heterocycles. The lowest BCUT2D eigenvalue weighted by atomic mass is 9.71. The summed E-state index contributed by atoms with van der Waals surface area (Å²) in [5, 5.41) is 42.3. The van der Waals surface area contributed by atoms with Crippen LogP contribution >= 0.6 is 0 Å². The van der Waals surface area contributed by atoms with Crippen LogP contribution in [0.1, 0.15) is 72.3 Å². The molecule has 42 heavy (non-hydrogen) atoms. The zero-order valence-corrected chi connectivity index (χ0v) is 21.9. The summed E-state index contributed by atoms with van der Waals surface area (Å²) in [4.78, 5) is 48.3. The molecular weight excluding hydrogens is 582 g/mol. The molecule has 230 valence electrons. The number of amides is 2. The van der Waals surface area contributed by atoms with Gasteiger partial charge >= 0.3 is 24.3 Å². The number of carboxylic acids is 2. The number of halogens is 6. The first-order valence-corrected chi connectivity index (χ1v) is 12.1. The predicted octanol–water partition coefficient (Wildman–Crippen LogP) is 3.11. The fourth-order valence-corrected chi connectivity index (χ4v) is 4.29. The van der Waals surface area contributed by atoms with Crippen molar-refractivity contribution in [1.29, 1.82) is 0 Å². The Morgan fingerprint density at radius 2 is 1.17 bits per heavy atom. The van der Waals surface area contributed by atoms with Gasteiger partial charge in [-0.3, -0.25) is 9.59 Å². The zero-order valence-electron chi connectivity index (χ0n) is 21.9. The second kappa shape index (κ2) is 12.8. The van der Waals surface area contributed by atoms with Gasteiger partial charge in [0.15, 0.2) is 0 Å². The van der Waals surface area contributed by atoms with Crippen LogP contribution in [0, 0.1) is 0 Å². The summed E-state index contributed by atoms with van der Waals surface area (Å²) in [6, 6.07) is 1.37. The van der Waals surface area contributed by atoms with Gasteiger partial charge < -0.3 is 31.1 Å². The summed E-state index contributed by atoms with van der Waals surface area (Å²) in [7, 11) is 0.969. The number of hydrogen-bond donors (Lipinski definition) is 6. The number of carbonyl (C=O) groups is 4. The maximum absolute atomic E-state index is 14.7. The molecule has 0 fully saturated rings. The minimum absolute atomic E-state index is 0.0811. The Hall–Kier alpha value is -4.18. The molecule has 2 rings (SSSR count). The Morgan fingerprint density at radius 3 is 1.52 bits per heavy atom. The molecule has 0 saturated carbocycles. The fourth-order valence-electron chi connectivity index (χ4n) is 4.29. The lowest BCUT2D eigenvalue weighted by molar-refractivity contribution is -0.288. The largest absolute Gasteiger partial charge is 0.478 e. The second-order valence-corrected chi connectivity index (χ2v) is 9.12. The van der Waals surface area contributed by atoms with Crippen LogP contribution in [-0.4, -0.2) is 82.3 Å². The van der Waals surface area contributed by atoms with Crippen LogP contribution in [0.15, 0.2) is 36.4 Å². The minimum Gasteiger partial charge on any atom is -0.478 e. The van der Waals surface area contributed by atoms with Crippen molar-refractivity contribution in [1.82, 2.24) is 10.6 Å². The number of nitrogens with one attached hydrogen (secondary N) is 2. The highest BCUT2D eigenvalue weighted by Crippen LogP contribution is 2.56. The summed E-state index contributed by atoms with van der Waals surface area (Å²) in [5.41, 5.74) is -12.3. The number of benzene rings is 2. The first-order valence-electron chi connectivity index (χ1n) is 12.1. The van der Waals surface area contributed by atoms with Gasteiger partial charge in [0.1, 0.15) is 0 Å². The van der Waals surface area contributed by atoms with Gasteiger partial charge in [-0.2, -0.15) is 26.3 Å². The van der Waals surface area contributed by atoms with Gasteiger partial charge in [0.25, 0.3) is 11.8 Å². The maximum Gasteiger partial charge on any atom is 0.411 e. The van der Waals surface area contributed by atoms with Gasteiger partial charge in [0, 0.05) is 20.0 Å². The molecule has 0 aliphatic rings. The summed E-state index contributed by atoms with van der Waals surface area (Å²) < 4.78 is 88.2. The number of carbonyl (C=O) groups excluding carboxylic acids is 2. The van der Waals surface area contributed by atoms with Crippen LogP contribution in [0.25, 0.3) is 0 Å². The molecule has 0 radical (unpaired) electrons. The van der Waals surface area contributed by atoms with Crippen molar-refractivity contribution < 1.29 is 65.9 Å². The van der Waals surface area contributed by atoms with Crippen molar-refractivity contribution in [3.8, 4) is 0 Å². The van der Waals surface area contributed by atoms with Crippen LogP contribution in [0.5, 0.6) is 0 Å². The SMILES string of the molecule is CCC(O)CC(O)CNC(=O)c1cc(C(c2ccc(C(=O)O)c(C(=O)NC)c2)(C(F)(F)F)C(F)(F)F)ccc1C(=O)O. The summed E-state index contributed by atoms with van der Waals surface area (Å²) >= 11 is 0. The molecule has 2 amide bonds. The number of hydrogen-bond acceptors (Lipinski definition) is 6. The average molecular weight is 608 g/mol. The van der Waals surface area contributed by atoms with Crippen molar-refractivity contribution >= 4 is 23.8 Å². The van der Waals surface area contributed by atoms with Gasteiger partial charge in [-0.25, -0.2) is 9.59 Å². The fraction of sp³-hybridized carbons (Fsp3) is 0.385. The Morgan fingerprint density at radius 1 is 0.738 bits per heavy atom. The molecule has 6 N–H and O–H groups in total. The molecule has 0 bridgehead atoms. The Kier molecular flexibility index (Phi) is 10.3. The third-order valence-corrected chi connectivity index (χ3v) is 6.45. The van der Waals surface area contributed by atoms with E-state index < -0.39 is 93.7 Å². The van der Waals surface area contributed by atoms with Crippen LogP contribution in [0.2, 0.25) is 0 Å². The highest BCUT2D eigenvalue weighted by molar-refractivity contribution is 6.06. The molecule has 0 aliphatic carbocycles. The lowest BCUT2D eigenvalue weighted by Gasteiger charge is -2.38. The second-order valence-electron chi connectivity index (χ2n) is 9.12. The highest BCUT2D eigenvalue weighted by Gasteiger charge is 2.72. The Bertz CT molecular complexity index is 1350. The van der Waals surface area contributed by atoms with E-state index in [0.717, 1.165) is 7.05 Å². The minimum atomic E-state index is -6.24. The topological polar surface area (TPSA) is 173 Å². The Labute approximate surface area is 234 Å². The van der Waals surface area contributed by atoms with E-state index in [1.54, 1.807) is 6.92 Å². The quantitative estimate of drug-likeness (QED) is 0.211. The number of carboxylic acid groups (broad SMARTS) is 2. The molecular formula is C26H26F6N2O8. The van der Waals surface area contributed by atoms with Gasteiger partial charge in [-0.15, -0.1) is 0 Å². The molecule has 0 aromatic heterocycles. The van der Waals surface area contributed by atoms with Gasteiger partial charge in [-0.05, 0) is 41.8 Å². The number of rotatable bonds is 11. The summed E-state index contributed by atoms with van der Waals surface area (Å²) in [5.74, 6) is -6.43. The standard InChI is InChI=1S/C26H26F6N2O8/c1-3-14(35)10-15(36)11-34-21(38)19-9-13(5-7-17(19)23(41)42)24(25(27,28)29,26(30,31)32)12-4-6-16(22(39)40)18(8-12)20(37)33-2/h4-9,14-15,35-36H,3,10-11H2,1-2H3,(H,33,37)(H,34,38)(H,39,40)(H,41,42). The van der Waals surface area contributed by atoms with Gasteiger partial charge in [-0.1, -0.05) is 19.1 Å². The first kappa shape index (κ1) is 34.0. The van der Waals surface area contributed by atoms with Crippen molar-refractivity contribution in [2.75, 3.05) is 13.6 Å². The maximum atomic E-state index is 14.7. The molecule has 2 aromatic rings. The predicted molar refractivity (Wildman–Crippen MR) is 132 cm³/mol. The van der Waals surface area contributed by atoms with Crippen molar-refractivity contribution in [2.24, 2.45) is 0 Å². The van der Waals surface area contributed by atoms with E-state index in [-0.39, 0.29) is 37.1 Å². The number of alkyl halides is 6. The molecule has 0 heterocycles. The van der Waals surface area contributed by atoms with Crippen molar-refractivity contribution in [3.05, 3.63) is 69.8 Å². The molecule has 2 unspecified atom stereocenters. The smallest absolute Gasteiger partial charge is 0.411 e. The lowest BCUT2D eigenvalue weighted by Crippen LogP contribution is -2.55. The highest BCUT2D eigenvalue weighted by atomic mass is 19.4. The van der Waals surface area contributed by atoms with E-state index in [1.165, 1.54) is 0 Å². The Balaban J connectivity index is 2.87. The van der Waals surface area contributed by atoms with Crippen LogP contribution < -0.4 is 10.6 Å². The van der Waals surface area contributed by atoms with Crippen LogP contribution in [0.4, 0.5) is 26.3 Å². The molecule has 10 nitrogen and oxygen atoms in total. The summed E-state index contributed by atoms with van der Waals surface area (Å²) in [6.07, 6.45) is -14.9. The molecule has 16 heteroatoms. The van der Waals surface area contributed by atoms with E-state index >= 15 is 0 Å². The first-order chi connectivity index (χ1) is 19.3.